The van der Waals surface area contributed by atoms with Crippen molar-refractivity contribution in [3.8, 4) is 0 Å². The minimum Gasteiger partial charge on any atom is -0.324 e. The molecule has 0 saturated heterocycles. The monoisotopic (exact) mass is 158 g/mol. The number of aryl methyl sites for hydroxylation is 1. The Balaban J connectivity index is 2.82. The van der Waals surface area contributed by atoms with E-state index in [-0.39, 0.29) is 6.23 Å². The van der Waals surface area contributed by atoms with E-state index in [1.54, 1.807) is 18.4 Å². The summed E-state index contributed by atoms with van der Waals surface area (Å²) < 4.78 is 7.25. The molecule has 1 aromatic heterocycles. The van der Waals surface area contributed by atoms with Gasteiger partial charge in [-0.25, -0.2) is 0 Å². The minimum absolute atomic E-state index is 0.159. The first-order valence-corrected chi connectivity index (χ1v) is 4.11. The fourth-order valence-corrected chi connectivity index (χ4v) is 1.57. The average Bonchev–Trinajstić information content (AvgIpc) is 2.34. The van der Waals surface area contributed by atoms with Crippen LogP contribution in [-0.4, -0.2) is 7.11 Å². The van der Waals surface area contributed by atoms with E-state index in [0.29, 0.717) is 0 Å². The van der Waals surface area contributed by atoms with Crippen LogP contribution >= 0.6 is 11.3 Å². The molecule has 1 rings (SSSR count). The van der Waals surface area contributed by atoms with Gasteiger partial charge in [-0.1, -0.05) is 11.3 Å². The maximum absolute atomic E-state index is 5.14. The Bertz CT molecular complexity index is 209. The second-order valence-electron chi connectivity index (χ2n) is 2.16. The molecule has 0 aliphatic rings. The van der Waals surface area contributed by atoms with Gasteiger partial charge in [0, 0.05) is 21.0 Å². The lowest BCUT2D eigenvalue weighted by molar-refractivity contribution is -0.757. The first-order valence-electron chi connectivity index (χ1n) is 3.23. The van der Waals surface area contributed by atoms with Crippen LogP contribution in [0.3, 0.4) is 0 Å². The van der Waals surface area contributed by atoms with Crippen molar-refractivity contribution in [2.75, 3.05) is 7.11 Å². The maximum atomic E-state index is 5.14. The van der Waals surface area contributed by atoms with Gasteiger partial charge >= 0.3 is 0 Å². The van der Waals surface area contributed by atoms with Crippen LogP contribution in [0.2, 0.25) is 0 Å². The Morgan fingerprint density at radius 2 is 2.40 bits per heavy atom. The third kappa shape index (κ3) is 1.36. The lowest BCUT2D eigenvalue weighted by atomic mass is 10.6. The van der Waals surface area contributed by atoms with E-state index in [1.807, 2.05) is 13.1 Å². The summed E-state index contributed by atoms with van der Waals surface area (Å²) in [5.74, 6) is 0. The molecule has 0 fully saturated rings. The predicted molar refractivity (Wildman–Crippen MR) is 41.0 cm³/mol. The molecule has 0 spiro atoms. The second kappa shape index (κ2) is 3.12. The van der Waals surface area contributed by atoms with E-state index >= 15 is 0 Å². The molecule has 2 nitrogen and oxygen atoms in total. The lowest BCUT2D eigenvalue weighted by Crippen LogP contribution is -2.38. The van der Waals surface area contributed by atoms with Gasteiger partial charge in [0.1, 0.15) is 0 Å². The van der Waals surface area contributed by atoms with Crippen molar-refractivity contribution in [1.82, 2.24) is 0 Å². The van der Waals surface area contributed by atoms with Gasteiger partial charge in [0.05, 0.1) is 5.38 Å². The van der Waals surface area contributed by atoms with E-state index in [9.17, 15) is 0 Å². The first-order chi connectivity index (χ1) is 4.75. The highest BCUT2D eigenvalue weighted by Crippen LogP contribution is 2.04. The molecule has 0 saturated carbocycles. The third-order valence-electron chi connectivity index (χ3n) is 1.56. The van der Waals surface area contributed by atoms with E-state index in [0.717, 1.165) is 0 Å². The van der Waals surface area contributed by atoms with Gasteiger partial charge in [0.2, 0.25) is 5.01 Å². The molecule has 1 heterocycles. The van der Waals surface area contributed by atoms with Crippen molar-refractivity contribution in [1.29, 1.82) is 0 Å². The van der Waals surface area contributed by atoms with Gasteiger partial charge in [-0.05, 0) is 0 Å². The van der Waals surface area contributed by atoms with Gasteiger partial charge in [-0.2, -0.15) is 4.57 Å². The molecular formula is C7H12NOS+. The maximum Gasteiger partial charge on any atom is 0.260 e. The van der Waals surface area contributed by atoms with Crippen molar-refractivity contribution in [3.05, 3.63) is 16.6 Å². The van der Waals surface area contributed by atoms with Crippen LogP contribution in [0.25, 0.3) is 0 Å². The van der Waals surface area contributed by atoms with Crippen LogP contribution in [0.15, 0.2) is 11.6 Å². The van der Waals surface area contributed by atoms with Crippen LogP contribution in [0.5, 0.6) is 0 Å². The number of nitrogens with zero attached hydrogens (tertiary/aromatic N) is 1. The Morgan fingerprint density at radius 1 is 1.70 bits per heavy atom. The second-order valence-corrected chi connectivity index (χ2v) is 3.26. The van der Waals surface area contributed by atoms with E-state index in [1.165, 1.54) is 5.01 Å². The molecule has 0 N–H and O–H groups in total. The predicted octanol–water partition coefficient (Wildman–Crippen LogP) is 1.51. The van der Waals surface area contributed by atoms with Crippen molar-refractivity contribution in [3.63, 3.8) is 0 Å². The standard InChI is InChI=1S/C7H12NOS/c1-6(9-3)8-4-5-10-7(8)2/h4-6H,1-3H3/q+1. The number of hydrogen-bond donors (Lipinski definition) is 0. The van der Waals surface area contributed by atoms with E-state index in [4.69, 9.17) is 4.74 Å². The zero-order chi connectivity index (χ0) is 7.56. The minimum atomic E-state index is 0.159. The molecule has 0 bridgehead atoms. The zero-order valence-corrected chi connectivity index (χ0v) is 7.31. The summed E-state index contributed by atoms with van der Waals surface area (Å²) in [4.78, 5) is 0. The normalized spacial score (nSPS) is 13.5. The molecular weight excluding hydrogens is 146 g/mol. The largest absolute Gasteiger partial charge is 0.324 e. The Labute approximate surface area is 65.1 Å². The number of thiazole rings is 1. The summed E-state index contributed by atoms with van der Waals surface area (Å²) in [5.41, 5.74) is 0. The summed E-state index contributed by atoms with van der Waals surface area (Å²) in [5, 5.41) is 3.33. The topological polar surface area (TPSA) is 13.1 Å². The fraction of sp³-hybridized carbons (Fsp3) is 0.571. The van der Waals surface area contributed by atoms with E-state index in [2.05, 4.69) is 16.9 Å². The average molecular weight is 158 g/mol. The molecule has 56 valence electrons. The van der Waals surface area contributed by atoms with Crippen LogP contribution in [-0.2, 0) is 4.74 Å². The van der Waals surface area contributed by atoms with Gasteiger partial charge in [-0.3, -0.25) is 0 Å². The highest BCUT2D eigenvalue weighted by molar-refractivity contribution is 7.09. The summed E-state index contributed by atoms with van der Waals surface area (Å²) in [6.07, 6.45) is 2.19. The highest BCUT2D eigenvalue weighted by Gasteiger charge is 2.14. The molecule has 1 unspecified atom stereocenters. The Morgan fingerprint density at radius 3 is 2.80 bits per heavy atom. The van der Waals surface area contributed by atoms with Crippen LogP contribution < -0.4 is 4.57 Å². The molecule has 0 amide bonds. The molecule has 0 aliphatic heterocycles. The molecule has 0 radical (unpaired) electrons. The first kappa shape index (κ1) is 7.69. The summed E-state index contributed by atoms with van der Waals surface area (Å²) >= 11 is 1.73. The van der Waals surface area contributed by atoms with Crippen molar-refractivity contribution in [2.24, 2.45) is 0 Å². The number of aromatic nitrogens is 1. The van der Waals surface area contributed by atoms with Crippen molar-refractivity contribution >= 4 is 11.3 Å². The molecule has 1 atom stereocenters. The third-order valence-corrected chi connectivity index (χ3v) is 2.37. The summed E-state index contributed by atoms with van der Waals surface area (Å²) in [6, 6.07) is 0. The Kier molecular flexibility index (Phi) is 2.40. The SMILES string of the molecule is COC(C)[n+]1ccsc1C. The molecule has 0 aliphatic carbocycles. The van der Waals surface area contributed by atoms with Crippen molar-refractivity contribution < 1.29 is 9.30 Å². The van der Waals surface area contributed by atoms with Crippen LogP contribution in [0, 0.1) is 6.92 Å². The number of methoxy groups -OCH3 is 1. The van der Waals surface area contributed by atoms with Gasteiger partial charge in [-0.15, -0.1) is 0 Å². The van der Waals surface area contributed by atoms with Gasteiger partial charge in [0.25, 0.3) is 6.23 Å². The molecule has 10 heavy (non-hydrogen) atoms. The summed E-state index contributed by atoms with van der Waals surface area (Å²) in [6.45, 7) is 4.11. The van der Waals surface area contributed by atoms with Gasteiger partial charge < -0.3 is 4.74 Å². The van der Waals surface area contributed by atoms with E-state index < -0.39 is 0 Å². The fourth-order valence-electron chi connectivity index (χ4n) is 0.851. The number of rotatable bonds is 2. The lowest BCUT2D eigenvalue weighted by Gasteiger charge is -2.01. The van der Waals surface area contributed by atoms with Crippen LogP contribution in [0.1, 0.15) is 18.2 Å². The number of hydrogen-bond acceptors (Lipinski definition) is 2. The smallest absolute Gasteiger partial charge is 0.260 e. The molecule has 0 aromatic carbocycles. The highest BCUT2D eigenvalue weighted by atomic mass is 32.1. The quantitative estimate of drug-likeness (QED) is 0.595. The zero-order valence-electron chi connectivity index (χ0n) is 6.50. The van der Waals surface area contributed by atoms with Crippen LogP contribution in [0.4, 0.5) is 0 Å². The summed E-state index contributed by atoms with van der Waals surface area (Å²) in [7, 11) is 1.72. The molecule has 3 heteroatoms. The van der Waals surface area contributed by atoms with Crippen molar-refractivity contribution in [2.45, 2.75) is 20.1 Å². The Hall–Kier alpha value is -0.410. The molecule has 1 aromatic rings. The number of ether oxygens (including phenoxy) is 1. The van der Waals surface area contributed by atoms with Gasteiger partial charge in [0.15, 0.2) is 6.20 Å².